The van der Waals surface area contributed by atoms with Crippen LogP contribution in [0.25, 0.3) is 0 Å². The molecule has 1 aromatic rings. The Labute approximate surface area is 131 Å². The van der Waals surface area contributed by atoms with Gasteiger partial charge in [-0.15, -0.1) is 0 Å². The number of hydrogen-bond acceptors (Lipinski definition) is 3. The van der Waals surface area contributed by atoms with E-state index in [2.05, 4.69) is 10.6 Å². The van der Waals surface area contributed by atoms with E-state index in [4.69, 9.17) is 0 Å². The summed E-state index contributed by atoms with van der Waals surface area (Å²) >= 11 is 0. The number of benzene rings is 1. The summed E-state index contributed by atoms with van der Waals surface area (Å²) in [4.78, 5) is 23.3. The summed E-state index contributed by atoms with van der Waals surface area (Å²) in [5, 5.41) is 13.8. The number of alkyl halides is 3. The molecule has 5 nitrogen and oxygen atoms in total. The van der Waals surface area contributed by atoms with E-state index in [1.54, 1.807) is 6.92 Å². The second kappa shape index (κ2) is 8.52. The molecule has 23 heavy (non-hydrogen) atoms. The average molecular weight is 332 g/mol. The van der Waals surface area contributed by atoms with Crippen LogP contribution < -0.4 is 10.6 Å². The molecule has 0 aliphatic rings. The Balaban J connectivity index is 2.61. The van der Waals surface area contributed by atoms with E-state index in [-0.39, 0.29) is 17.8 Å². The van der Waals surface area contributed by atoms with Gasteiger partial charge in [-0.2, -0.15) is 13.2 Å². The molecule has 8 heteroatoms. The van der Waals surface area contributed by atoms with Gasteiger partial charge in [0, 0.05) is 12.2 Å². The van der Waals surface area contributed by atoms with Crippen LogP contribution in [0.15, 0.2) is 24.3 Å². The number of carbonyl (C=O) groups is 2. The molecule has 0 radical (unpaired) electrons. The average Bonchev–Trinajstić information content (AvgIpc) is 2.47. The third kappa shape index (κ3) is 7.14. The Morgan fingerprint density at radius 1 is 1.22 bits per heavy atom. The SMILES string of the molecule is CCC(O)CCNC(=O)C(=O)Nc1ccccc1CC(F)(F)F. The summed E-state index contributed by atoms with van der Waals surface area (Å²) < 4.78 is 37.4. The number of carbonyl (C=O) groups excluding carboxylic acids is 2. The highest BCUT2D eigenvalue weighted by Gasteiger charge is 2.29. The smallest absolute Gasteiger partial charge is 0.393 e. The number of halogens is 3. The number of aliphatic hydroxyl groups excluding tert-OH is 1. The molecule has 128 valence electrons. The van der Waals surface area contributed by atoms with Crippen molar-refractivity contribution in [3.05, 3.63) is 29.8 Å². The molecule has 0 fully saturated rings. The minimum atomic E-state index is -4.42. The molecule has 0 aliphatic heterocycles. The van der Waals surface area contributed by atoms with E-state index < -0.39 is 30.5 Å². The van der Waals surface area contributed by atoms with Crippen LogP contribution in [0.4, 0.5) is 18.9 Å². The zero-order chi connectivity index (χ0) is 17.5. The lowest BCUT2D eigenvalue weighted by Gasteiger charge is -2.13. The van der Waals surface area contributed by atoms with Crippen molar-refractivity contribution in [1.82, 2.24) is 5.32 Å². The van der Waals surface area contributed by atoms with Gasteiger partial charge in [-0.25, -0.2) is 0 Å². The number of aliphatic hydroxyl groups is 1. The van der Waals surface area contributed by atoms with Gasteiger partial charge in [-0.3, -0.25) is 9.59 Å². The molecule has 0 saturated heterocycles. The van der Waals surface area contributed by atoms with Crippen LogP contribution in [0, 0.1) is 0 Å². The Morgan fingerprint density at radius 3 is 2.48 bits per heavy atom. The molecule has 2 amide bonds. The summed E-state index contributed by atoms with van der Waals surface area (Å²) in [6.07, 6.45) is -5.38. The van der Waals surface area contributed by atoms with Crippen LogP contribution in [0.3, 0.4) is 0 Å². The number of nitrogens with one attached hydrogen (secondary N) is 2. The number of para-hydroxylation sites is 1. The first-order valence-corrected chi connectivity index (χ1v) is 7.15. The maximum absolute atomic E-state index is 12.5. The molecule has 1 aromatic carbocycles. The zero-order valence-corrected chi connectivity index (χ0v) is 12.6. The first kappa shape index (κ1) is 19.0. The maximum Gasteiger partial charge on any atom is 0.393 e. The predicted molar refractivity (Wildman–Crippen MR) is 78.8 cm³/mol. The highest BCUT2D eigenvalue weighted by atomic mass is 19.4. The van der Waals surface area contributed by atoms with Gasteiger partial charge in [-0.05, 0) is 24.5 Å². The van der Waals surface area contributed by atoms with Gasteiger partial charge < -0.3 is 15.7 Å². The van der Waals surface area contributed by atoms with Crippen molar-refractivity contribution in [1.29, 1.82) is 0 Å². The second-order valence-electron chi connectivity index (χ2n) is 5.01. The molecular formula is C15H19F3N2O3. The molecule has 0 heterocycles. The first-order valence-electron chi connectivity index (χ1n) is 7.15. The van der Waals surface area contributed by atoms with Crippen LogP contribution in [-0.2, 0) is 16.0 Å². The second-order valence-corrected chi connectivity index (χ2v) is 5.01. The van der Waals surface area contributed by atoms with E-state index in [1.807, 2.05) is 0 Å². The Bertz CT molecular complexity index is 547. The van der Waals surface area contributed by atoms with Gasteiger partial charge in [-0.1, -0.05) is 25.1 Å². The lowest BCUT2D eigenvalue weighted by molar-refractivity contribution is -0.136. The molecule has 0 aromatic heterocycles. The van der Waals surface area contributed by atoms with Crippen molar-refractivity contribution >= 4 is 17.5 Å². The van der Waals surface area contributed by atoms with Gasteiger partial charge in [0.15, 0.2) is 0 Å². The summed E-state index contributed by atoms with van der Waals surface area (Å²) in [7, 11) is 0. The van der Waals surface area contributed by atoms with E-state index in [9.17, 15) is 27.9 Å². The van der Waals surface area contributed by atoms with Crippen molar-refractivity contribution in [2.24, 2.45) is 0 Å². The van der Waals surface area contributed by atoms with Crippen molar-refractivity contribution < 1.29 is 27.9 Å². The molecule has 0 aliphatic carbocycles. The van der Waals surface area contributed by atoms with E-state index in [1.165, 1.54) is 24.3 Å². The zero-order valence-electron chi connectivity index (χ0n) is 12.6. The maximum atomic E-state index is 12.5. The molecule has 3 N–H and O–H groups in total. The van der Waals surface area contributed by atoms with Crippen LogP contribution in [0.5, 0.6) is 0 Å². The Hall–Kier alpha value is -2.09. The fraction of sp³-hybridized carbons (Fsp3) is 0.467. The number of amides is 2. The van der Waals surface area contributed by atoms with E-state index in [0.29, 0.717) is 12.8 Å². The predicted octanol–water partition coefficient (Wildman–Crippen LogP) is 2.01. The molecule has 1 atom stereocenters. The largest absolute Gasteiger partial charge is 0.393 e. The van der Waals surface area contributed by atoms with Gasteiger partial charge >= 0.3 is 18.0 Å². The van der Waals surface area contributed by atoms with Crippen molar-refractivity contribution in [2.45, 2.75) is 38.5 Å². The summed E-state index contributed by atoms with van der Waals surface area (Å²) in [6.45, 7) is 1.88. The molecule has 0 saturated carbocycles. The normalized spacial score (nSPS) is 12.6. The number of rotatable bonds is 6. The number of hydrogen-bond donors (Lipinski definition) is 3. The Morgan fingerprint density at radius 2 is 1.87 bits per heavy atom. The minimum Gasteiger partial charge on any atom is -0.393 e. The molecule has 0 bridgehead atoms. The minimum absolute atomic E-state index is 0.0569. The van der Waals surface area contributed by atoms with E-state index >= 15 is 0 Å². The molecule has 1 unspecified atom stereocenters. The standard InChI is InChI=1S/C15H19F3N2O3/c1-2-11(21)7-8-19-13(22)14(23)20-12-6-4-3-5-10(12)9-15(16,17)18/h3-6,11,21H,2,7-9H2,1H3,(H,19,22)(H,20,23). The van der Waals surface area contributed by atoms with Crippen LogP contribution in [0.2, 0.25) is 0 Å². The van der Waals surface area contributed by atoms with Crippen molar-refractivity contribution in [3.63, 3.8) is 0 Å². The monoisotopic (exact) mass is 332 g/mol. The lowest BCUT2D eigenvalue weighted by Crippen LogP contribution is -2.37. The summed E-state index contributed by atoms with van der Waals surface area (Å²) in [5.41, 5.74) is -0.180. The van der Waals surface area contributed by atoms with E-state index in [0.717, 1.165) is 0 Å². The topological polar surface area (TPSA) is 78.4 Å². The fourth-order valence-electron chi connectivity index (χ4n) is 1.83. The fourth-order valence-corrected chi connectivity index (χ4v) is 1.83. The van der Waals surface area contributed by atoms with Gasteiger partial charge in [0.05, 0.1) is 12.5 Å². The van der Waals surface area contributed by atoms with Gasteiger partial charge in [0.1, 0.15) is 0 Å². The van der Waals surface area contributed by atoms with Crippen LogP contribution in [0.1, 0.15) is 25.3 Å². The molecule has 1 rings (SSSR count). The molecular weight excluding hydrogens is 313 g/mol. The highest BCUT2D eigenvalue weighted by Crippen LogP contribution is 2.25. The lowest BCUT2D eigenvalue weighted by atomic mass is 10.1. The van der Waals surface area contributed by atoms with Crippen molar-refractivity contribution in [2.75, 3.05) is 11.9 Å². The first-order chi connectivity index (χ1) is 10.7. The summed E-state index contributed by atoms with van der Waals surface area (Å²) in [5.74, 6) is -2.01. The number of anilines is 1. The third-order valence-corrected chi connectivity index (χ3v) is 3.10. The Kier molecular flexibility index (Phi) is 7.02. The summed E-state index contributed by atoms with van der Waals surface area (Å²) in [6, 6.07) is 5.42. The van der Waals surface area contributed by atoms with Crippen LogP contribution in [-0.4, -0.2) is 35.7 Å². The van der Waals surface area contributed by atoms with Gasteiger partial charge in [0.25, 0.3) is 0 Å². The third-order valence-electron chi connectivity index (χ3n) is 3.10. The quantitative estimate of drug-likeness (QED) is 0.697. The highest BCUT2D eigenvalue weighted by molar-refractivity contribution is 6.39. The van der Waals surface area contributed by atoms with Gasteiger partial charge in [0.2, 0.25) is 0 Å². The molecule has 0 spiro atoms. The van der Waals surface area contributed by atoms with Crippen molar-refractivity contribution in [3.8, 4) is 0 Å². The van der Waals surface area contributed by atoms with Crippen LogP contribution >= 0.6 is 0 Å².